The standard InChI is InChI=1S/C16H24N2O2/c1-3-10-20-11-9-15(19)18-14-6-4-5-13-8-7-12(2)17-16(13)14/h4-6,12,17H,3,7-11H2,1-2H3,(H,18,19). The number of amides is 1. The fourth-order valence-corrected chi connectivity index (χ4v) is 2.40. The zero-order valence-corrected chi connectivity index (χ0v) is 12.4. The first-order valence-electron chi connectivity index (χ1n) is 7.46. The highest BCUT2D eigenvalue weighted by Gasteiger charge is 2.17. The molecular weight excluding hydrogens is 252 g/mol. The van der Waals surface area contributed by atoms with E-state index in [0.29, 0.717) is 25.7 Å². The minimum Gasteiger partial charge on any atom is -0.381 e. The van der Waals surface area contributed by atoms with Gasteiger partial charge in [0.1, 0.15) is 0 Å². The Bertz CT molecular complexity index is 460. The van der Waals surface area contributed by atoms with E-state index in [1.165, 1.54) is 5.56 Å². The lowest BCUT2D eigenvalue weighted by Gasteiger charge is -2.26. The molecule has 0 spiro atoms. The minimum atomic E-state index is 0.00882. The lowest BCUT2D eigenvalue weighted by molar-refractivity contribution is -0.117. The van der Waals surface area contributed by atoms with Crippen molar-refractivity contribution in [3.63, 3.8) is 0 Å². The SMILES string of the molecule is CCCOCCC(=O)Nc1cccc2c1NC(C)CC2. The van der Waals surface area contributed by atoms with Crippen LogP contribution >= 0.6 is 0 Å². The molecule has 1 heterocycles. The van der Waals surface area contributed by atoms with E-state index in [2.05, 4.69) is 30.5 Å². The molecule has 4 nitrogen and oxygen atoms in total. The highest BCUT2D eigenvalue weighted by Crippen LogP contribution is 2.32. The van der Waals surface area contributed by atoms with Crippen LogP contribution in [0.1, 0.15) is 38.7 Å². The molecule has 2 N–H and O–H groups in total. The first-order chi connectivity index (χ1) is 9.70. The largest absolute Gasteiger partial charge is 0.381 e. The van der Waals surface area contributed by atoms with Crippen molar-refractivity contribution in [3.8, 4) is 0 Å². The summed E-state index contributed by atoms with van der Waals surface area (Å²) in [5.41, 5.74) is 3.24. The van der Waals surface area contributed by atoms with Crippen molar-refractivity contribution < 1.29 is 9.53 Å². The lowest BCUT2D eigenvalue weighted by Crippen LogP contribution is -2.24. The molecule has 0 radical (unpaired) electrons. The van der Waals surface area contributed by atoms with Crippen molar-refractivity contribution in [2.75, 3.05) is 23.8 Å². The highest BCUT2D eigenvalue weighted by atomic mass is 16.5. The smallest absolute Gasteiger partial charge is 0.226 e. The van der Waals surface area contributed by atoms with Crippen molar-refractivity contribution in [3.05, 3.63) is 23.8 Å². The maximum Gasteiger partial charge on any atom is 0.226 e. The quantitative estimate of drug-likeness (QED) is 0.785. The number of fused-ring (bicyclic) bond motifs is 1. The van der Waals surface area contributed by atoms with Gasteiger partial charge in [0, 0.05) is 12.6 Å². The molecule has 1 aliphatic rings. The third-order valence-corrected chi connectivity index (χ3v) is 3.48. The van der Waals surface area contributed by atoms with E-state index in [1.54, 1.807) is 0 Å². The molecule has 0 saturated carbocycles. The van der Waals surface area contributed by atoms with Gasteiger partial charge in [-0.15, -0.1) is 0 Å². The van der Waals surface area contributed by atoms with Crippen LogP contribution in [0.2, 0.25) is 0 Å². The number of hydrogen-bond acceptors (Lipinski definition) is 3. The van der Waals surface area contributed by atoms with Crippen LogP contribution in [0.3, 0.4) is 0 Å². The molecule has 20 heavy (non-hydrogen) atoms. The number of aryl methyl sites for hydroxylation is 1. The molecule has 0 aromatic heterocycles. The summed E-state index contributed by atoms with van der Waals surface area (Å²) in [5, 5.41) is 6.45. The zero-order chi connectivity index (χ0) is 14.4. The van der Waals surface area contributed by atoms with Gasteiger partial charge in [0.2, 0.25) is 5.91 Å². The summed E-state index contributed by atoms with van der Waals surface area (Å²) < 4.78 is 5.34. The molecular formula is C16H24N2O2. The summed E-state index contributed by atoms with van der Waals surface area (Å²) in [6.07, 6.45) is 3.58. The zero-order valence-electron chi connectivity index (χ0n) is 12.4. The molecule has 1 aliphatic heterocycles. The summed E-state index contributed by atoms with van der Waals surface area (Å²) in [5.74, 6) is 0.00882. The second-order valence-electron chi connectivity index (χ2n) is 5.33. The Labute approximate surface area is 120 Å². The van der Waals surface area contributed by atoms with Gasteiger partial charge in [0.15, 0.2) is 0 Å². The second-order valence-corrected chi connectivity index (χ2v) is 5.33. The Hall–Kier alpha value is -1.55. The molecule has 0 fully saturated rings. The molecule has 4 heteroatoms. The molecule has 1 amide bonds. The lowest BCUT2D eigenvalue weighted by atomic mass is 9.98. The number of carbonyl (C=O) groups is 1. The van der Waals surface area contributed by atoms with Crippen LogP contribution in [-0.4, -0.2) is 25.2 Å². The summed E-state index contributed by atoms with van der Waals surface area (Å²) in [4.78, 5) is 11.9. The van der Waals surface area contributed by atoms with Crippen molar-refractivity contribution in [2.45, 2.75) is 45.6 Å². The summed E-state index contributed by atoms with van der Waals surface area (Å²) in [6, 6.07) is 6.52. The number of ether oxygens (including phenoxy) is 1. The highest BCUT2D eigenvalue weighted by molar-refractivity contribution is 5.95. The third-order valence-electron chi connectivity index (χ3n) is 3.48. The van der Waals surface area contributed by atoms with Crippen LogP contribution in [0.15, 0.2) is 18.2 Å². The van der Waals surface area contributed by atoms with E-state index in [-0.39, 0.29) is 5.91 Å². The maximum atomic E-state index is 11.9. The summed E-state index contributed by atoms with van der Waals surface area (Å²) in [7, 11) is 0. The molecule has 1 unspecified atom stereocenters. The van der Waals surface area contributed by atoms with Gasteiger partial charge in [-0.2, -0.15) is 0 Å². The number of rotatable bonds is 6. The van der Waals surface area contributed by atoms with Gasteiger partial charge in [0.25, 0.3) is 0 Å². The molecule has 1 aromatic rings. The summed E-state index contributed by atoms with van der Waals surface area (Å²) >= 11 is 0. The normalized spacial score (nSPS) is 17.2. The monoisotopic (exact) mass is 276 g/mol. The number of nitrogens with one attached hydrogen (secondary N) is 2. The molecule has 0 bridgehead atoms. The van der Waals surface area contributed by atoms with Gasteiger partial charge < -0.3 is 15.4 Å². The third kappa shape index (κ3) is 3.97. The van der Waals surface area contributed by atoms with Gasteiger partial charge in [-0.05, 0) is 37.8 Å². The average Bonchev–Trinajstić information content (AvgIpc) is 2.44. The number of hydrogen-bond donors (Lipinski definition) is 2. The second kappa shape index (κ2) is 7.29. The number of anilines is 2. The molecule has 1 atom stereocenters. The predicted octanol–water partition coefficient (Wildman–Crippen LogP) is 3.19. The van der Waals surface area contributed by atoms with Gasteiger partial charge in [0.05, 0.1) is 24.4 Å². The van der Waals surface area contributed by atoms with Crippen LogP contribution in [0.4, 0.5) is 11.4 Å². The Balaban J connectivity index is 1.94. The molecule has 0 saturated heterocycles. The van der Waals surface area contributed by atoms with Gasteiger partial charge >= 0.3 is 0 Å². The number of benzene rings is 1. The van der Waals surface area contributed by atoms with E-state index < -0.39 is 0 Å². The Morgan fingerprint density at radius 3 is 3.10 bits per heavy atom. The van der Waals surface area contributed by atoms with E-state index in [1.807, 2.05) is 12.1 Å². The van der Waals surface area contributed by atoms with E-state index in [0.717, 1.165) is 30.6 Å². The van der Waals surface area contributed by atoms with E-state index in [9.17, 15) is 4.79 Å². The van der Waals surface area contributed by atoms with Crippen LogP contribution in [0.25, 0.3) is 0 Å². The van der Waals surface area contributed by atoms with Gasteiger partial charge in [-0.3, -0.25) is 4.79 Å². The topological polar surface area (TPSA) is 50.4 Å². The van der Waals surface area contributed by atoms with Crippen molar-refractivity contribution in [1.82, 2.24) is 0 Å². The van der Waals surface area contributed by atoms with Crippen LogP contribution in [0, 0.1) is 0 Å². The Morgan fingerprint density at radius 1 is 1.45 bits per heavy atom. The van der Waals surface area contributed by atoms with Gasteiger partial charge in [-0.25, -0.2) is 0 Å². The van der Waals surface area contributed by atoms with Crippen LogP contribution < -0.4 is 10.6 Å². The van der Waals surface area contributed by atoms with Crippen molar-refractivity contribution in [1.29, 1.82) is 0 Å². The van der Waals surface area contributed by atoms with Crippen molar-refractivity contribution in [2.24, 2.45) is 0 Å². The fourth-order valence-electron chi connectivity index (χ4n) is 2.40. The molecule has 2 rings (SSSR count). The number of para-hydroxylation sites is 1. The Kier molecular flexibility index (Phi) is 5.41. The van der Waals surface area contributed by atoms with Gasteiger partial charge in [-0.1, -0.05) is 19.1 Å². The van der Waals surface area contributed by atoms with E-state index in [4.69, 9.17) is 4.74 Å². The van der Waals surface area contributed by atoms with Crippen LogP contribution in [0.5, 0.6) is 0 Å². The molecule has 0 aliphatic carbocycles. The van der Waals surface area contributed by atoms with Crippen molar-refractivity contribution >= 4 is 17.3 Å². The molecule has 110 valence electrons. The first kappa shape index (κ1) is 14.9. The Morgan fingerprint density at radius 2 is 2.30 bits per heavy atom. The predicted molar refractivity (Wildman–Crippen MR) is 82.2 cm³/mol. The first-order valence-corrected chi connectivity index (χ1v) is 7.46. The fraction of sp³-hybridized carbons (Fsp3) is 0.562. The maximum absolute atomic E-state index is 11.9. The number of carbonyl (C=O) groups excluding carboxylic acids is 1. The average molecular weight is 276 g/mol. The summed E-state index contributed by atoms with van der Waals surface area (Å²) in [6.45, 7) is 5.43. The minimum absolute atomic E-state index is 0.00882. The van der Waals surface area contributed by atoms with Crippen LogP contribution in [-0.2, 0) is 16.0 Å². The molecule has 1 aromatic carbocycles. The van der Waals surface area contributed by atoms with E-state index >= 15 is 0 Å².